The summed E-state index contributed by atoms with van der Waals surface area (Å²) >= 11 is 0. The Kier molecular flexibility index (Phi) is 7.71. The van der Waals surface area contributed by atoms with Crippen molar-refractivity contribution in [2.24, 2.45) is 0 Å². The van der Waals surface area contributed by atoms with Crippen molar-refractivity contribution in [3.05, 3.63) is 59.7 Å². The van der Waals surface area contributed by atoms with Gasteiger partial charge in [-0.2, -0.15) is 0 Å². The molecule has 0 amide bonds. The molecule has 5 heteroatoms. The first-order valence-electron chi connectivity index (χ1n) is 9.92. The maximum absolute atomic E-state index is 9.91. The predicted molar refractivity (Wildman–Crippen MR) is 119 cm³/mol. The third-order valence-corrected chi connectivity index (χ3v) is 12.5. The number of hydrogen-bond donors (Lipinski definition) is 2. The minimum Gasteiger partial charge on any atom is -0.508 e. The van der Waals surface area contributed by atoms with Crippen LogP contribution in [0.4, 0.5) is 0 Å². The van der Waals surface area contributed by atoms with E-state index in [2.05, 4.69) is 26.2 Å². The molecule has 0 aliphatic heterocycles. The van der Waals surface area contributed by atoms with Crippen molar-refractivity contribution in [3.63, 3.8) is 0 Å². The maximum Gasteiger partial charge on any atom is 0.173 e. The predicted octanol–water partition coefficient (Wildman–Crippen LogP) is 6.09. The lowest BCUT2D eigenvalue weighted by Gasteiger charge is -2.34. The van der Waals surface area contributed by atoms with Crippen LogP contribution in [0.5, 0.6) is 11.5 Å². The summed E-state index contributed by atoms with van der Waals surface area (Å²) in [7, 11) is -3.38. The van der Waals surface area contributed by atoms with Gasteiger partial charge in [-0.05, 0) is 93.3 Å². The molecule has 0 aliphatic rings. The summed E-state index contributed by atoms with van der Waals surface area (Å²) in [5.74, 6) is 0.732. The largest absolute Gasteiger partial charge is 0.508 e. The Hall–Kier alpha value is -1.57. The van der Waals surface area contributed by atoms with E-state index in [1.165, 1.54) is 5.56 Å². The van der Waals surface area contributed by atoms with E-state index in [1.54, 1.807) is 18.2 Å². The second-order valence-corrected chi connectivity index (χ2v) is 17.5. The third-order valence-electron chi connectivity index (χ3n) is 4.95. The molecule has 0 saturated carbocycles. The summed E-state index contributed by atoms with van der Waals surface area (Å²) in [5.41, 5.74) is 2.31. The van der Waals surface area contributed by atoms with Gasteiger partial charge in [0.1, 0.15) is 11.5 Å². The van der Waals surface area contributed by atoms with Crippen LogP contribution >= 0.6 is 0 Å². The number of para-hydroxylation sites is 1. The molecule has 0 spiro atoms. The van der Waals surface area contributed by atoms with E-state index in [1.807, 2.05) is 30.3 Å². The van der Waals surface area contributed by atoms with Crippen LogP contribution in [-0.4, -0.2) is 26.8 Å². The van der Waals surface area contributed by atoms with Crippen LogP contribution in [-0.2, 0) is 17.0 Å². The van der Waals surface area contributed by atoms with Gasteiger partial charge < -0.3 is 14.3 Å². The van der Waals surface area contributed by atoms with Crippen molar-refractivity contribution >= 4 is 16.6 Å². The van der Waals surface area contributed by atoms with E-state index in [9.17, 15) is 10.2 Å². The van der Waals surface area contributed by atoms with Crippen molar-refractivity contribution in [3.8, 4) is 11.5 Å². The van der Waals surface area contributed by atoms with Gasteiger partial charge in [0.15, 0.2) is 16.6 Å². The van der Waals surface area contributed by atoms with Crippen LogP contribution in [0.3, 0.4) is 0 Å². The fourth-order valence-electron chi connectivity index (χ4n) is 3.66. The Bertz CT molecular complexity index is 712. The Morgan fingerprint density at radius 2 is 1.30 bits per heavy atom. The molecule has 0 unspecified atom stereocenters. The van der Waals surface area contributed by atoms with Crippen molar-refractivity contribution in [1.82, 2.24) is 0 Å². The number of aryl methyl sites for hydroxylation is 2. The summed E-state index contributed by atoms with van der Waals surface area (Å²) in [6, 6.07) is 17.4. The molecule has 2 aromatic rings. The second kappa shape index (κ2) is 9.58. The van der Waals surface area contributed by atoms with Gasteiger partial charge in [-0.15, -0.1) is 0 Å². The van der Waals surface area contributed by atoms with E-state index in [-0.39, 0.29) is 0 Å². The van der Waals surface area contributed by atoms with Gasteiger partial charge in [-0.25, -0.2) is 0 Å². The van der Waals surface area contributed by atoms with E-state index in [0.29, 0.717) is 11.5 Å². The number of phenols is 2. The van der Waals surface area contributed by atoms with Gasteiger partial charge in [0, 0.05) is 0 Å². The molecule has 0 radical (unpaired) electrons. The van der Waals surface area contributed by atoms with Gasteiger partial charge in [-0.3, -0.25) is 0 Å². The second-order valence-electron chi connectivity index (χ2n) is 8.62. The number of aromatic hydroxyl groups is 2. The first kappa shape index (κ1) is 21.7. The van der Waals surface area contributed by atoms with E-state index >= 15 is 0 Å². The Morgan fingerprint density at radius 1 is 0.741 bits per heavy atom. The number of hydrogen-bond acceptors (Lipinski definition) is 3. The highest BCUT2D eigenvalue weighted by Gasteiger charge is 2.32. The van der Waals surface area contributed by atoms with Crippen molar-refractivity contribution in [1.29, 1.82) is 0 Å². The molecule has 0 aliphatic carbocycles. The molecular formula is C22H34O3Si2. The molecule has 2 rings (SSSR count). The first-order chi connectivity index (χ1) is 12.7. The maximum atomic E-state index is 9.91. The quantitative estimate of drug-likeness (QED) is 0.473. The van der Waals surface area contributed by atoms with E-state index in [0.717, 1.165) is 43.3 Å². The van der Waals surface area contributed by atoms with Crippen LogP contribution in [0.2, 0.25) is 38.3 Å². The molecule has 0 bridgehead atoms. The van der Waals surface area contributed by atoms with Crippen molar-refractivity contribution in [2.75, 3.05) is 0 Å². The zero-order valence-corrected chi connectivity index (χ0v) is 19.2. The van der Waals surface area contributed by atoms with E-state index < -0.39 is 16.6 Å². The molecule has 148 valence electrons. The fourth-order valence-corrected chi connectivity index (χ4v) is 12.5. The standard InChI is InChI=1S/C22H34O3Si2/c1-26(2,17-7-9-19-13-15-21(23)16-14-19)25-27(3,4)18-8-11-20-10-5-6-12-22(20)24/h5-6,10,12-16,23-24H,7-9,11,17-18H2,1-4H3. The fraction of sp³-hybridized carbons (Fsp3) is 0.455. The summed E-state index contributed by atoms with van der Waals surface area (Å²) in [6.07, 6.45) is 4.14. The normalized spacial score (nSPS) is 12.3. The number of benzene rings is 2. The monoisotopic (exact) mass is 402 g/mol. The zero-order valence-electron chi connectivity index (χ0n) is 17.2. The molecule has 2 aromatic carbocycles. The molecule has 0 fully saturated rings. The summed E-state index contributed by atoms with van der Waals surface area (Å²) < 4.78 is 6.73. The summed E-state index contributed by atoms with van der Waals surface area (Å²) in [6.45, 7) is 9.32. The molecule has 0 aromatic heterocycles. The van der Waals surface area contributed by atoms with Crippen LogP contribution in [0.25, 0.3) is 0 Å². The lowest BCUT2D eigenvalue weighted by atomic mass is 10.1. The van der Waals surface area contributed by atoms with Crippen LogP contribution in [0.15, 0.2) is 48.5 Å². The lowest BCUT2D eigenvalue weighted by Crippen LogP contribution is -2.44. The topological polar surface area (TPSA) is 49.7 Å². The Balaban J connectivity index is 1.76. The molecule has 0 atom stereocenters. The van der Waals surface area contributed by atoms with Gasteiger partial charge in [-0.1, -0.05) is 30.3 Å². The van der Waals surface area contributed by atoms with Crippen molar-refractivity contribution in [2.45, 2.75) is 64.0 Å². The van der Waals surface area contributed by atoms with Crippen molar-refractivity contribution < 1.29 is 14.3 Å². The van der Waals surface area contributed by atoms with Crippen LogP contribution in [0, 0.1) is 0 Å². The first-order valence-corrected chi connectivity index (χ1v) is 16.1. The Labute approximate surface area is 166 Å². The average molecular weight is 403 g/mol. The van der Waals surface area contributed by atoms with Gasteiger partial charge >= 0.3 is 0 Å². The van der Waals surface area contributed by atoms with Gasteiger partial charge in [0.05, 0.1) is 0 Å². The minimum atomic E-state index is -1.70. The van der Waals surface area contributed by atoms with Crippen LogP contribution in [0.1, 0.15) is 24.0 Å². The lowest BCUT2D eigenvalue weighted by molar-refractivity contribution is 0.467. The molecule has 3 nitrogen and oxygen atoms in total. The molecule has 2 N–H and O–H groups in total. The summed E-state index contributed by atoms with van der Waals surface area (Å²) in [5, 5.41) is 19.3. The highest BCUT2D eigenvalue weighted by Crippen LogP contribution is 2.26. The zero-order chi connectivity index (χ0) is 19.9. The molecule has 27 heavy (non-hydrogen) atoms. The molecule has 0 saturated heterocycles. The third kappa shape index (κ3) is 7.91. The highest BCUT2D eigenvalue weighted by molar-refractivity contribution is 6.84. The minimum absolute atomic E-state index is 0.327. The SMILES string of the molecule is C[Si](C)(CCCc1ccc(O)cc1)O[Si](C)(C)CCCc1ccccc1O. The average Bonchev–Trinajstić information content (AvgIpc) is 2.57. The summed E-state index contributed by atoms with van der Waals surface area (Å²) in [4.78, 5) is 0. The van der Waals surface area contributed by atoms with Gasteiger partial charge in [0.25, 0.3) is 0 Å². The molecule has 0 heterocycles. The number of phenolic OH excluding ortho intramolecular Hbond substituents is 2. The van der Waals surface area contributed by atoms with Gasteiger partial charge in [0.2, 0.25) is 0 Å². The Morgan fingerprint density at radius 3 is 1.89 bits per heavy atom. The highest BCUT2D eigenvalue weighted by atomic mass is 28.4. The van der Waals surface area contributed by atoms with E-state index in [4.69, 9.17) is 4.12 Å². The molecular weight excluding hydrogens is 368 g/mol. The van der Waals surface area contributed by atoms with Crippen LogP contribution < -0.4 is 0 Å². The number of rotatable bonds is 10. The smallest absolute Gasteiger partial charge is 0.173 e.